The molecule has 1 atom stereocenters. The molecule has 2 rings (SSSR count). The summed E-state index contributed by atoms with van der Waals surface area (Å²) in [6, 6.07) is 1.03. The first-order valence-electron chi connectivity index (χ1n) is 4.80. The average molecular weight is 253 g/mol. The van der Waals surface area contributed by atoms with Gasteiger partial charge in [-0.25, -0.2) is 19.6 Å². The number of carbonyl (C=O) groups is 1. The van der Waals surface area contributed by atoms with Crippen LogP contribution in [0.15, 0.2) is 24.9 Å². The number of halogens is 1. The summed E-state index contributed by atoms with van der Waals surface area (Å²) in [5, 5.41) is 6.68. The molecule has 0 fully saturated rings. The van der Waals surface area contributed by atoms with Crippen molar-refractivity contribution >= 4 is 23.5 Å². The maximum Gasteiger partial charge on any atom is 0.251 e. The summed E-state index contributed by atoms with van der Waals surface area (Å²) in [4.78, 5) is 23.3. The fourth-order valence-electron chi connectivity index (χ4n) is 1.15. The molecule has 0 aromatic carbocycles. The minimum absolute atomic E-state index is 0.162. The van der Waals surface area contributed by atoms with Gasteiger partial charge in [0.25, 0.3) is 5.91 Å². The molecule has 88 valence electrons. The van der Waals surface area contributed by atoms with Gasteiger partial charge in [-0.15, -0.1) is 0 Å². The molecular weight excluding hydrogens is 244 g/mol. The Bertz CT molecular complexity index is 514. The number of anilines is 1. The van der Waals surface area contributed by atoms with Gasteiger partial charge in [-0.3, -0.25) is 10.1 Å². The summed E-state index contributed by atoms with van der Waals surface area (Å²) in [6.07, 6.45) is 4.29. The van der Waals surface area contributed by atoms with E-state index in [2.05, 4.69) is 25.4 Å². The van der Waals surface area contributed by atoms with Crippen LogP contribution in [0.5, 0.6) is 0 Å². The fraction of sp³-hybridized carbons (Fsp3) is 0.222. The molecule has 2 aromatic heterocycles. The molecule has 0 saturated heterocycles. The number of hydrogen-bond donors (Lipinski definition) is 1. The van der Waals surface area contributed by atoms with E-state index in [1.165, 1.54) is 29.6 Å². The lowest BCUT2D eigenvalue weighted by atomic mass is 10.3. The van der Waals surface area contributed by atoms with Gasteiger partial charge >= 0.3 is 0 Å². The Labute approximate surface area is 102 Å². The largest absolute Gasteiger partial charge is 0.293 e. The molecule has 8 heteroatoms. The number of nitrogens with zero attached hydrogens (tertiary/aromatic N) is 5. The van der Waals surface area contributed by atoms with Gasteiger partial charge in [-0.2, -0.15) is 5.10 Å². The van der Waals surface area contributed by atoms with Crippen LogP contribution in [-0.4, -0.2) is 30.6 Å². The number of carbonyl (C=O) groups excluding carboxylic acids is 1. The molecule has 0 aliphatic rings. The molecule has 0 saturated carbocycles. The highest BCUT2D eigenvalue weighted by atomic mass is 35.5. The molecule has 1 N–H and O–H groups in total. The van der Waals surface area contributed by atoms with Crippen molar-refractivity contribution in [2.45, 2.75) is 13.0 Å². The maximum atomic E-state index is 11.8. The molecule has 0 aliphatic carbocycles. The van der Waals surface area contributed by atoms with Gasteiger partial charge in [0.15, 0.2) is 0 Å². The zero-order valence-corrected chi connectivity index (χ0v) is 9.66. The number of aromatic nitrogens is 5. The van der Waals surface area contributed by atoms with E-state index in [-0.39, 0.29) is 17.0 Å². The zero-order valence-electron chi connectivity index (χ0n) is 8.91. The molecular formula is C9H9ClN6O. The predicted octanol–water partition coefficient (Wildman–Crippen LogP) is 0.921. The van der Waals surface area contributed by atoms with Crippen LogP contribution in [0.4, 0.5) is 5.95 Å². The summed E-state index contributed by atoms with van der Waals surface area (Å²) < 4.78 is 1.43. The van der Waals surface area contributed by atoms with Crippen LogP contribution in [0.3, 0.4) is 0 Å². The third kappa shape index (κ3) is 2.76. The van der Waals surface area contributed by atoms with E-state index < -0.39 is 6.04 Å². The maximum absolute atomic E-state index is 11.8. The van der Waals surface area contributed by atoms with E-state index in [0.29, 0.717) is 0 Å². The molecule has 1 amide bonds. The first-order valence-corrected chi connectivity index (χ1v) is 5.18. The van der Waals surface area contributed by atoms with E-state index in [0.717, 1.165) is 0 Å². The van der Waals surface area contributed by atoms with Crippen molar-refractivity contribution in [3.05, 3.63) is 30.1 Å². The number of amides is 1. The molecule has 2 aromatic rings. The van der Waals surface area contributed by atoms with Gasteiger partial charge < -0.3 is 0 Å². The zero-order chi connectivity index (χ0) is 12.3. The van der Waals surface area contributed by atoms with Crippen LogP contribution in [0.1, 0.15) is 13.0 Å². The van der Waals surface area contributed by atoms with E-state index in [1.54, 1.807) is 6.92 Å². The lowest BCUT2D eigenvalue weighted by molar-refractivity contribution is -0.119. The van der Waals surface area contributed by atoms with Gasteiger partial charge in [-0.05, 0) is 13.0 Å². The van der Waals surface area contributed by atoms with Crippen molar-refractivity contribution in [2.75, 3.05) is 5.32 Å². The molecule has 2 heterocycles. The van der Waals surface area contributed by atoms with E-state index in [4.69, 9.17) is 11.6 Å². The van der Waals surface area contributed by atoms with Crippen LogP contribution in [0.2, 0.25) is 5.15 Å². The van der Waals surface area contributed by atoms with Crippen LogP contribution < -0.4 is 5.32 Å². The topological polar surface area (TPSA) is 85.6 Å². The van der Waals surface area contributed by atoms with Gasteiger partial charge in [0.05, 0.1) is 0 Å². The minimum Gasteiger partial charge on any atom is -0.293 e. The van der Waals surface area contributed by atoms with Crippen molar-refractivity contribution in [3.8, 4) is 0 Å². The highest BCUT2D eigenvalue weighted by molar-refractivity contribution is 6.29. The van der Waals surface area contributed by atoms with Crippen molar-refractivity contribution in [2.24, 2.45) is 0 Å². The number of hydrogen-bond acceptors (Lipinski definition) is 5. The van der Waals surface area contributed by atoms with Crippen molar-refractivity contribution in [1.29, 1.82) is 0 Å². The molecule has 17 heavy (non-hydrogen) atoms. The SMILES string of the molecule is CC(C(=O)Nc1nccc(Cl)n1)n1cncn1. The lowest BCUT2D eigenvalue weighted by Gasteiger charge is -2.10. The Morgan fingerprint density at radius 3 is 3.06 bits per heavy atom. The predicted molar refractivity (Wildman–Crippen MR) is 60.4 cm³/mol. The van der Waals surface area contributed by atoms with Crippen molar-refractivity contribution in [3.63, 3.8) is 0 Å². The second kappa shape index (κ2) is 4.88. The molecule has 1 unspecified atom stereocenters. The molecule has 0 radical (unpaired) electrons. The van der Waals surface area contributed by atoms with Crippen LogP contribution in [-0.2, 0) is 4.79 Å². The molecule has 0 bridgehead atoms. The third-order valence-electron chi connectivity index (χ3n) is 2.07. The average Bonchev–Trinajstić information content (AvgIpc) is 2.81. The number of nitrogens with one attached hydrogen (secondary N) is 1. The van der Waals surface area contributed by atoms with Gasteiger partial charge in [0, 0.05) is 6.20 Å². The molecule has 7 nitrogen and oxygen atoms in total. The second-order valence-electron chi connectivity index (χ2n) is 3.24. The van der Waals surface area contributed by atoms with Gasteiger partial charge in [0.1, 0.15) is 23.8 Å². The summed E-state index contributed by atoms with van der Waals surface area (Å²) in [7, 11) is 0. The van der Waals surface area contributed by atoms with Crippen LogP contribution in [0, 0.1) is 0 Å². The Balaban J connectivity index is 2.07. The van der Waals surface area contributed by atoms with Gasteiger partial charge in [0.2, 0.25) is 5.95 Å². The van der Waals surface area contributed by atoms with Crippen molar-refractivity contribution in [1.82, 2.24) is 24.7 Å². The summed E-state index contributed by atoms with van der Waals surface area (Å²) in [6.45, 7) is 1.69. The highest BCUT2D eigenvalue weighted by Gasteiger charge is 2.16. The van der Waals surface area contributed by atoms with Crippen molar-refractivity contribution < 1.29 is 4.79 Å². The standard InChI is InChI=1S/C9H9ClN6O/c1-6(16-5-11-4-13-16)8(17)15-9-12-3-2-7(10)14-9/h2-6H,1H3,(H,12,14,15,17). The van der Waals surface area contributed by atoms with E-state index in [9.17, 15) is 4.79 Å². The third-order valence-corrected chi connectivity index (χ3v) is 2.28. The second-order valence-corrected chi connectivity index (χ2v) is 3.63. The monoisotopic (exact) mass is 252 g/mol. The van der Waals surface area contributed by atoms with E-state index in [1.807, 2.05) is 0 Å². The Hall–Kier alpha value is -2.02. The minimum atomic E-state index is -0.500. The quantitative estimate of drug-likeness (QED) is 0.821. The fourth-order valence-corrected chi connectivity index (χ4v) is 1.29. The Morgan fingerprint density at radius 2 is 2.41 bits per heavy atom. The summed E-state index contributed by atoms with van der Waals surface area (Å²) in [5.74, 6) is -0.132. The smallest absolute Gasteiger partial charge is 0.251 e. The Kier molecular flexibility index (Phi) is 3.29. The van der Waals surface area contributed by atoms with Gasteiger partial charge in [-0.1, -0.05) is 11.6 Å². The Morgan fingerprint density at radius 1 is 1.59 bits per heavy atom. The van der Waals surface area contributed by atoms with Crippen LogP contribution in [0.25, 0.3) is 0 Å². The first kappa shape index (κ1) is 11.5. The first-order chi connectivity index (χ1) is 8.16. The van der Waals surface area contributed by atoms with E-state index >= 15 is 0 Å². The lowest BCUT2D eigenvalue weighted by Crippen LogP contribution is -2.25. The molecule has 0 spiro atoms. The number of rotatable bonds is 3. The summed E-state index contributed by atoms with van der Waals surface area (Å²) >= 11 is 5.68. The normalized spacial score (nSPS) is 12.1. The van der Waals surface area contributed by atoms with Crippen LogP contribution >= 0.6 is 11.6 Å². The summed E-state index contributed by atoms with van der Waals surface area (Å²) in [5.41, 5.74) is 0. The highest BCUT2D eigenvalue weighted by Crippen LogP contribution is 2.09. The molecule has 0 aliphatic heterocycles.